The van der Waals surface area contributed by atoms with Crippen LogP contribution in [-0.2, 0) is 16.0 Å². The van der Waals surface area contributed by atoms with Crippen molar-refractivity contribution in [2.45, 2.75) is 20.3 Å². The van der Waals surface area contributed by atoms with Crippen LogP contribution in [0, 0.1) is 6.92 Å². The number of thiophene rings is 1. The zero-order valence-electron chi connectivity index (χ0n) is 14.2. The van der Waals surface area contributed by atoms with Crippen LogP contribution in [0.2, 0.25) is 0 Å². The number of rotatable bonds is 5. The van der Waals surface area contributed by atoms with Gasteiger partial charge in [-0.2, -0.15) is 0 Å². The first-order valence-electron chi connectivity index (χ1n) is 8.12. The minimum atomic E-state index is -0.411. The van der Waals surface area contributed by atoms with Crippen LogP contribution in [-0.4, -0.2) is 18.5 Å². The third-order valence-electron chi connectivity index (χ3n) is 3.78. The highest BCUT2D eigenvalue weighted by molar-refractivity contribution is 7.23. The lowest BCUT2D eigenvalue weighted by atomic mass is 10.1. The Hall–Kier alpha value is -2.66. The summed E-state index contributed by atoms with van der Waals surface area (Å²) < 4.78 is 6.11. The maximum atomic E-state index is 12.4. The summed E-state index contributed by atoms with van der Waals surface area (Å²) in [6.07, 6.45) is 0.262. The molecule has 1 amide bonds. The van der Waals surface area contributed by atoms with Gasteiger partial charge in [0.15, 0.2) is 0 Å². The number of carbonyl (C=O) groups excluding carboxylic acids is 2. The van der Waals surface area contributed by atoms with E-state index in [1.165, 1.54) is 11.3 Å². The number of ether oxygens (including phenoxy) is 1. The molecular weight excluding hydrogens is 334 g/mol. The summed E-state index contributed by atoms with van der Waals surface area (Å²) in [5.41, 5.74) is 2.48. The van der Waals surface area contributed by atoms with E-state index in [0.717, 1.165) is 21.2 Å². The molecule has 0 aliphatic heterocycles. The van der Waals surface area contributed by atoms with Crippen molar-refractivity contribution in [3.8, 4) is 0 Å². The van der Waals surface area contributed by atoms with E-state index in [9.17, 15) is 9.59 Å². The second kappa shape index (κ2) is 7.49. The van der Waals surface area contributed by atoms with Gasteiger partial charge in [-0.3, -0.25) is 4.79 Å². The molecule has 1 aromatic heterocycles. The normalized spacial score (nSPS) is 10.6. The van der Waals surface area contributed by atoms with Gasteiger partial charge in [-0.15, -0.1) is 11.3 Å². The lowest BCUT2D eigenvalue weighted by Gasteiger charge is -2.07. The van der Waals surface area contributed by atoms with Crippen LogP contribution >= 0.6 is 11.3 Å². The van der Waals surface area contributed by atoms with Crippen LogP contribution < -0.4 is 5.32 Å². The molecule has 0 spiro atoms. The van der Waals surface area contributed by atoms with Crippen LogP contribution in [0.1, 0.15) is 28.4 Å². The number of benzene rings is 2. The molecule has 0 aliphatic carbocycles. The molecule has 4 nitrogen and oxygen atoms in total. The first kappa shape index (κ1) is 17.2. The predicted molar refractivity (Wildman–Crippen MR) is 101 cm³/mol. The highest BCUT2D eigenvalue weighted by atomic mass is 32.1. The highest BCUT2D eigenvalue weighted by Crippen LogP contribution is 2.36. The first-order valence-corrected chi connectivity index (χ1v) is 8.94. The molecule has 0 unspecified atom stereocenters. The Labute approximate surface area is 150 Å². The number of fused-ring (bicyclic) bond motifs is 1. The third kappa shape index (κ3) is 3.88. The van der Waals surface area contributed by atoms with Gasteiger partial charge in [-0.25, -0.2) is 4.79 Å². The summed E-state index contributed by atoms with van der Waals surface area (Å²) in [5, 5.41) is 4.23. The van der Waals surface area contributed by atoms with E-state index in [1.807, 2.05) is 55.5 Å². The fourth-order valence-electron chi connectivity index (χ4n) is 2.72. The Balaban J connectivity index is 1.88. The molecular formula is C20H19NO3S. The molecule has 0 saturated heterocycles. The number of anilines is 1. The molecule has 128 valence electrons. The lowest BCUT2D eigenvalue weighted by Crippen LogP contribution is -2.16. The third-order valence-corrected chi connectivity index (χ3v) is 4.86. The predicted octanol–water partition coefficient (Wildman–Crippen LogP) is 4.57. The van der Waals surface area contributed by atoms with Gasteiger partial charge in [-0.05, 0) is 25.5 Å². The van der Waals surface area contributed by atoms with Gasteiger partial charge in [0.2, 0.25) is 5.91 Å². The molecule has 25 heavy (non-hydrogen) atoms. The SMILES string of the molecule is CCOC(=O)c1c(NC(=O)Cc2cccc(C)c2)sc2ccccc12. The Morgan fingerprint density at radius 1 is 1.12 bits per heavy atom. The number of amides is 1. The summed E-state index contributed by atoms with van der Waals surface area (Å²) in [6, 6.07) is 15.4. The minimum absolute atomic E-state index is 0.150. The van der Waals surface area contributed by atoms with Gasteiger partial charge in [0.25, 0.3) is 0 Å². The number of carbonyl (C=O) groups is 2. The van der Waals surface area contributed by atoms with E-state index in [4.69, 9.17) is 4.74 Å². The number of esters is 1. The standard InChI is InChI=1S/C20H19NO3S/c1-3-24-20(23)18-15-9-4-5-10-16(15)25-19(18)21-17(22)12-14-8-6-7-13(2)11-14/h4-11H,3,12H2,1-2H3,(H,21,22). The van der Waals surface area contributed by atoms with Crippen molar-refractivity contribution >= 4 is 38.3 Å². The first-order chi connectivity index (χ1) is 12.1. The average Bonchev–Trinajstić information content (AvgIpc) is 2.92. The van der Waals surface area contributed by atoms with E-state index in [1.54, 1.807) is 6.92 Å². The average molecular weight is 353 g/mol. The molecule has 0 aliphatic rings. The van der Waals surface area contributed by atoms with Crippen LogP contribution in [0.5, 0.6) is 0 Å². The Morgan fingerprint density at radius 2 is 1.92 bits per heavy atom. The van der Waals surface area contributed by atoms with Gasteiger partial charge in [0.05, 0.1) is 13.0 Å². The molecule has 0 fully saturated rings. The fourth-order valence-corrected chi connectivity index (χ4v) is 3.82. The Morgan fingerprint density at radius 3 is 2.68 bits per heavy atom. The Bertz CT molecular complexity index is 930. The van der Waals surface area contributed by atoms with Crippen LogP contribution in [0.4, 0.5) is 5.00 Å². The molecule has 3 aromatic rings. The van der Waals surface area contributed by atoms with E-state index < -0.39 is 5.97 Å². The van der Waals surface area contributed by atoms with Gasteiger partial charge >= 0.3 is 5.97 Å². The summed E-state index contributed by atoms with van der Waals surface area (Å²) in [4.78, 5) is 24.8. The monoisotopic (exact) mass is 353 g/mol. The summed E-state index contributed by atoms with van der Waals surface area (Å²) >= 11 is 1.39. The molecule has 0 bridgehead atoms. The van der Waals surface area contributed by atoms with Gasteiger partial charge in [-0.1, -0.05) is 48.0 Å². The maximum Gasteiger partial charge on any atom is 0.341 e. The van der Waals surface area contributed by atoms with Crippen molar-refractivity contribution < 1.29 is 14.3 Å². The quantitative estimate of drug-likeness (QED) is 0.684. The molecule has 5 heteroatoms. The van der Waals surface area contributed by atoms with Crippen LogP contribution in [0.3, 0.4) is 0 Å². The van der Waals surface area contributed by atoms with Crippen LogP contribution in [0.15, 0.2) is 48.5 Å². The summed E-state index contributed by atoms with van der Waals surface area (Å²) in [5.74, 6) is -0.562. The van der Waals surface area contributed by atoms with Crippen molar-refractivity contribution in [2.75, 3.05) is 11.9 Å². The number of aryl methyl sites for hydroxylation is 1. The molecule has 0 radical (unpaired) electrons. The largest absolute Gasteiger partial charge is 0.462 e. The van der Waals surface area contributed by atoms with Crippen LogP contribution in [0.25, 0.3) is 10.1 Å². The lowest BCUT2D eigenvalue weighted by molar-refractivity contribution is -0.115. The summed E-state index contributed by atoms with van der Waals surface area (Å²) in [7, 11) is 0. The number of hydrogen-bond acceptors (Lipinski definition) is 4. The zero-order valence-corrected chi connectivity index (χ0v) is 15.0. The van der Waals surface area contributed by atoms with E-state index in [2.05, 4.69) is 5.32 Å². The molecule has 0 saturated carbocycles. The van der Waals surface area contributed by atoms with Crippen molar-refractivity contribution in [3.63, 3.8) is 0 Å². The van der Waals surface area contributed by atoms with E-state index in [0.29, 0.717) is 17.2 Å². The van der Waals surface area contributed by atoms with Crippen molar-refractivity contribution in [1.29, 1.82) is 0 Å². The molecule has 3 rings (SSSR count). The molecule has 1 N–H and O–H groups in total. The minimum Gasteiger partial charge on any atom is -0.462 e. The van der Waals surface area contributed by atoms with Gasteiger partial charge in [0.1, 0.15) is 10.6 Å². The fraction of sp³-hybridized carbons (Fsp3) is 0.200. The Kier molecular flexibility index (Phi) is 5.14. The smallest absolute Gasteiger partial charge is 0.341 e. The van der Waals surface area contributed by atoms with Crippen molar-refractivity contribution in [2.24, 2.45) is 0 Å². The highest BCUT2D eigenvalue weighted by Gasteiger charge is 2.21. The van der Waals surface area contributed by atoms with E-state index in [-0.39, 0.29) is 12.3 Å². The molecule has 2 aromatic carbocycles. The number of hydrogen-bond donors (Lipinski definition) is 1. The van der Waals surface area contributed by atoms with Crippen molar-refractivity contribution in [3.05, 3.63) is 65.2 Å². The summed E-state index contributed by atoms with van der Waals surface area (Å²) in [6.45, 7) is 4.05. The second-order valence-electron chi connectivity index (χ2n) is 5.74. The second-order valence-corrected chi connectivity index (χ2v) is 6.79. The van der Waals surface area contributed by atoms with Gasteiger partial charge < -0.3 is 10.1 Å². The molecule has 1 heterocycles. The topological polar surface area (TPSA) is 55.4 Å². The number of nitrogens with one attached hydrogen (secondary N) is 1. The zero-order chi connectivity index (χ0) is 17.8. The van der Waals surface area contributed by atoms with Gasteiger partial charge in [0, 0.05) is 10.1 Å². The van der Waals surface area contributed by atoms with Crippen molar-refractivity contribution in [1.82, 2.24) is 0 Å². The maximum absolute atomic E-state index is 12.4. The molecule has 0 atom stereocenters. The van der Waals surface area contributed by atoms with E-state index >= 15 is 0 Å².